The van der Waals surface area contributed by atoms with Crippen molar-refractivity contribution in [3.05, 3.63) is 65.1 Å². The first-order chi connectivity index (χ1) is 14.2. The van der Waals surface area contributed by atoms with Crippen molar-refractivity contribution in [3.8, 4) is 22.8 Å². The molecule has 1 aliphatic rings. The predicted octanol–water partition coefficient (Wildman–Crippen LogP) is 5.42. The minimum atomic E-state index is 0.451. The molecule has 0 radical (unpaired) electrons. The van der Waals surface area contributed by atoms with Crippen molar-refractivity contribution in [2.45, 2.75) is 32.9 Å². The monoisotopic (exact) mass is 409 g/mol. The van der Waals surface area contributed by atoms with Gasteiger partial charge >= 0.3 is 0 Å². The lowest BCUT2D eigenvalue weighted by atomic mass is 10.1. The third-order valence-corrected chi connectivity index (χ3v) is 5.53. The van der Waals surface area contributed by atoms with Gasteiger partial charge in [0.2, 0.25) is 0 Å². The van der Waals surface area contributed by atoms with Gasteiger partial charge in [-0.25, -0.2) is 4.98 Å². The highest BCUT2D eigenvalue weighted by Gasteiger charge is 2.17. The Balaban J connectivity index is 1.54. The Morgan fingerprint density at radius 2 is 1.90 bits per heavy atom. The lowest BCUT2D eigenvalue weighted by molar-refractivity contribution is 0.112. The molecule has 0 aliphatic carbocycles. The van der Waals surface area contributed by atoms with Crippen LogP contribution in [-0.2, 0) is 13.1 Å². The molecule has 6 heteroatoms. The number of rotatable bonds is 7. The first kappa shape index (κ1) is 19.7. The number of nitrogens with zero attached hydrogens (tertiary/aromatic N) is 3. The van der Waals surface area contributed by atoms with Gasteiger partial charge < -0.3 is 9.30 Å². The van der Waals surface area contributed by atoms with Gasteiger partial charge in [0.1, 0.15) is 17.3 Å². The van der Waals surface area contributed by atoms with Crippen LogP contribution in [0.4, 0.5) is 0 Å². The van der Waals surface area contributed by atoms with E-state index in [4.69, 9.17) is 16.3 Å². The second-order valence-electron chi connectivity index (χ2n) is 7.21. The highest BCUT2D eigenvalue weighted by atomic mass is 35.5. The smallest absolute Gasteiger partial charge is 0.153 e. The quantitative estimate of drug-likeness (QED) is 0.488. The second kappa shape index (κ2) is 8.80. The maximum absolute atomic E-state index is 11.2. The first-order valence-corrected chi connectivity index (χ1v) is 10.4. The Morgan fingerprint density at radius 1 is 1.14 bits per heavy atom. The summed E-state index contributed by atoms with van der Waals surface area (Å²) in [5, 5.41) is 0.527. The summed E-state index contributed by atoms with van der Waals surface area (Å²) in [4.78, 5) is 18.4. The molecule has 0 bridgehead atoms. The minimum absolute atomic E-state index is 0.451. The Morgan fingerprint density at radius 3 is 2.59 bits per heavy atom. The number of likely N-dealkylation sites (tertiary alicyclic amines) is 1. The number of aromatic nitrogens is 2. The number of halogens is 1. The highest BCUT2D eigenvalue weighted by Crippen LogP contribution is 2.30. The molecule has 1 aromatic heterocycles. The van der Waals surface area contributed by atoms with Gasteiger partial charge in [0.15, 0.2) is 6.29 Å². The van der Waals surface area contributed by atoms with Crippen molar-refractivity contribution in [2.24, 2.45) is 0 Å². The van der Waals surface area contributed by atoms with Crippen molar-refractivity contribution in [2.75, 3.05) is 13.1 Å². The van der Waals surface area contributed by atoms with E-state index in [2.05, 4.69) is 21.4 Å². The highest BCUT2D eigenvalue weighted by molar-refractivity contribution is 6.30. The van der Waals surface area contributed by atoms with Gasteiger partial charge in [0.25, 0.3) is 0 Å². The van der Waals surface area contributed by atoms with Crippen LogP contribution in [0.5, 0.6) is 11.5 Å². The van der Waals surface area contributed by atoms with Gasteiger partial charge in [0.05, 0.1) is 24.0 Å². The lowest BCUT2D eigenvalue weighted by Crippen LogP contribution is -2.21. The van der Waals surface area contributed by atoms with Crippen LogP contribution in [0.1, 0.15) is 35.9 Å². The molecule has 1 fully saturated rings. The molecule has 0 N–H and O–H groups in total. The molecule has 0 unspecified atom stereocenters. The largest absolute Gasteiger partial charge is 0.457 e. The number of ether oxygens (including phenoxy) is 1. The van der Waals surface area contributed by atoms with Gasteiger partial charge in [-0.15, -0.1) is 0 Å². The molecule has 0 saturated carbocycles. The number of aldehydes is 1. The Bertz CT molecular complexity index is 992. The number of hydrogen-bond donors (Lipinski definition) is 0. The third kappa shape index (κ3) is 4.36. The molecule has 0 spiro atoms. The topological polar surface area (TPSA) is 47.4 Å². The lowest BCUT2D eigenvalue weighted by Gasteiger charge is -2.16. The van der Waals surface area contributed by atoms with Gasteiger partial charge in [-0.05, 0) is 69.3 Å². The summed E-state index contributed by atoms with van der Waals surface area (Å²) >= 11 is 6.03. The van der Waals surface area contributed by atoms with Crippen molar-refractivity contribution >= 4 is 17.9 Å². The zero-order valence-corrected chi connectivity index (χ0v) is 17.2. The van der Waals surface area contributed by atoms with E-state index in [1.54, 1.807) is 18.2 Å². The molecule has 4 rings (SSSR count). The van der Waals surface area contributed by atoms with Crippen LogP contribution in [0.2, 0.25) is 5.02 Å². The molecule has 1 aliphatic heterocycles. The Kier molecular flexibility index (Phi) is 5.97. The fourth-order valence-electron chi connectivity index (χ4n) is 3.78. The SMILES string of the molecule is CCn1c(-c2ccc(Oc3cc(Cl)ccc3C=O)cc2)cnc1CN1CCCC1. The molecule has 3 aromatic rings. The van der Waals surface area contributed by atoms with Crippen molar-refractivity contribution in [3.63, 3.8) is 0 Å². The summed E-state index contributed by atoms with van der Waals surface area (Å²) in [7, 11) is 0. The summed E-state index contributed by atoms with van der Waals surface area (Å²) in [6.45, 7) is 6.24. The van der Waals surface area contributed by atoms with Gasteiger partial charge in [-0.1, -0.05) is 11.6 Å². The zero-order valence-electron chi connectivity index (χ0n) is 16.5. The summed E-state index contributed by atoms with van der Waals surface area (Å²) < 4.78 is 8.15. The molecule has 29 heavy (non-hydrogen) atoms. The predicted molar refractivity (Wildman–Crippen MR) is 115 cm³/mol. The van der Waals surface area contributed by atoms with Crippen molar-refractivity contribution in [1.82, 2.24) is 14.5 Å². The molecular weight excluding hydrogens is 386 g/mol. The fourth-order valence-corrected chi connectivity index (χ4v) is 3.94. The van der Waals surface area contributed by atoms with Crippen LogP contribution >= 0.6 is 11.6 Å². The molecule has 0 amide bonds. The Hall–Kier alpha value is -2.63. The van der Waals surface area contributed by atoms with E-state index in [9.17, 15) is 4.79 Å². The first-order valence-electron chi connectivity index (χ1n) is 9.97. The van der Waals surface area contributed by atoms with E-state index >= 15 is 0 Å². The summed E-state index contributed by atoms with van der Waals surface area (Å²) in [6.07, 6.45) is 5.27. The molecular formula is C23H24ClN3O2. The number of carbonyl (C=O) groups is 1. The van der Waals surface area contributed by atoms with Crippen LogP contribution in [0, 0.1) is 0 Å². The fraction of sp³-hybridized carbons (Fsp3) is 0.304. The molecule has 1 saturated heterocycles. The van der Waals surface area contributed by atoms with Gasteiger partial charge in [-0.3, -0.25) is 9.69 Å². The number of hydrogen-bond acceptors (Lipinski definition) is 4. The van der Waals surface area contributed by atoms with E-state index in [1.807, 2.05) is 30.5 Å². The maximum atomic E-state index is 11.2. The van der Waals surface area contributed by atoms with E-state index in [0.29, 0.717) is 22.1 Å². The number of carbonyl (C=O) groups excluding carboxylic acids is 1. The molecule has 5 nitrogen and oxygen atoms in total. The summed E-state index contributed by atoms with van der Waals surface area (Å²) in [6, 6.07) is 12.8. The standard InChI is InChI=1S/C23H24ClN3O2/c1-2-27-21(14-25-23(27)15-26-11-3-4-12-26)17-6-9-20(10-7-17)29-22-13-19(24)8-5-18(22)16-28/h5-10,13-14,16H,2-4,11-12,15H2,1H3. The molecule has 150 valence electrons. The normalized spacial score (nSPS) is 14.3. The van der Waals surface area contributed by atoms with E-state index < -0.39 is 0 Å². The van der Waals surface area contributed by atoms with E-state index in [0.717, 1.165) is 49.5 Å². The number of benzene rings is 2. The van der Waals surface area contributed by atoms with Crippen LogP contribution < -0.4 is 4.74 Å². The van der Waals surface area contributed by atoms with Crippen molar-refractivity contribution < 1.29 is 9.53 Å². The zero-order chi connectivity index (χ0) is 20.2. The van der Waals surface area contributed by atoms with Crippen LogP contribution in [0.15, 0.2) is 48.7 Å². The average molecular weight is 410 g/mol. The molecule has 0 atom stereocenters. The van der Waals surface area contributed by atoms with Gasteiger partial charge in [-0.2, -0.15) is 0 Å². The molecule has 2 heterocycles. The molecule has 2 aromatic carbocycles. The van der Waals surface area contributed by atoms with Crippen LogP contribution in [0.3, 0.4) is 0 Å². The average Bonchev–Trinajstić information content (AvgIpc) is 3.39. The van der Waals surface area contributed by atoms with Crippen LogP contribution in [0.25, 0.3) is 11.3 Å². The van der Waals surface area contributed by atoms with E-state index in [-0.39, 0.29) is 0 Å². The number of imidazole rings is 1. The second-order valence-corrected chi connectivity index (χ2v) is 7.65. The van der Waals surface area contributed by atoms with E-state index in [1.165, 1.54) is 12.8 Å². The third-order valence-electron chi connectivity index (χ3n) is 5.30. The minimum Gasteiger partial charge on any atom is -0.457 e. The Labute approximate surface area is 175 Å². The van der Waals surface area contributed by atoms with Crippen LogP contribution in [-0.4, -0.2) is 33.8 Å². The summed E-state index contributed by atoms with van der Waals surface area (Å²) in [5.74, 6) is 2.21. The van der Waals surface area contributed by atoms with Crippen molar-refractivity contribution in [1.29, 1.82) is 0 Å². The summed E-state index contributed by atoms with van der Waals surface area (Å²) in [5.41, 5.74) is 2.65. The van der Waals surface area contributed by atoms with Gasteiger partial charge in [0, 0.05) is 23.2 Å². The maximum Gasteiger partial charge on any atom is 0.153 e.